The number of aliphatic hydroxyl groups is 1. The lowest BCUT2D eigenvalue weighted by Gasteiger charge is -2.25. The molecule has 0 aliphatic heterocycles. The summed E-state index contributed by atoms with van der Waals surface area (Å²) in [6.45, 7) is 15.1. The van der Waals surface area contributed by atoms with Crippen molar-refractivity contribution in [2.24, 2.45) is 23.2 Å². The van der Waals surface area contributed by atoms with E-state index in [0.717, 1.165) is 36.7 Å². The van der Waals surface area contributed by atoms with Gasteiger partial charge in [-0.15, -0.1) is 0 Å². The third kappa shape index (κ3) is 10.6. The number of carbonyl (C=O) groups excluding carboxylic acids is 2. The van der Waals surface area contributed by atoms with Crippen molar-refractivity contribution in [1.82, 2.24) is 0 Å². The summed E-state index contributed by atoms with van der Waals surface area (Å²) in [5.74, 6) is 1.64. The fraction of sp³-hybridized carbons (Fsp3) is 0.714. The highest BCUT2D eigenvalue weighted by Gasteiger charge is 2.28. The molecule has 0 saturated heterocycles. The minimum atomic E-state index is -0.496. The Hall–Kier alpha value is -1.48. The number of aliphatic hydroxyl groups excluding tert-OH is 1. The van der Waals surface area contributed by atoms with E-state index in [1.165, 1.54) is 50.3 Å². The zero-order valence-corrected chi connectivity index (χ0v) is 21.0. The van der Waals surface area contributed by atoms with Crippen LogP contribution in [0.1, 0.15) is 99.8 Å². The van der Waals surface area contributed by atoms with Crippen molar-refractivity contribution in [3.8, 4) is 0 Å². The lowest BCUT2D eigenvalue weighted by molar-refractivity contribution is -0.115. The molecule has 1 aliphatic rings. The van der Waals surface area contributed by atoms with Crippen LogP contribution >= 0.6 is 0 Å². The minimum absolute atomic E-state index is 0.0965. The van der Waals surface area contributed by atoms with Gasteiger partial charge in [0.1, 0.15) is 0 Å². The Labute approximate surface area is 191 Å². The highest BCUT2D eigenvalue weighted by molar-refractivity contribution is 6.18. The van der Waals surface area contributed by atoms with Gasteiger partial charge < -0.3 is 5.11 Å². The molecular formula is C28H46O3. The Balaban J connectivity index is 2.42. The minimum Gasteiger partial charge on any atom is -0.393 e. The Bertz CT molecular complexity index is 678. The lowest BCUT2D eigenvalue weighted by Crippen LogP contribution is -2.22. The van der Waals surface area contributed by atoms with Crippen molar-refractivity contribution in [1.29, 1.82) is 0 Å². The van der Waals surface area contributed by atoms with Gasteiger partial charge in [-0.25, -0.2) is 0 Å². The third-order valence-corrected chi connectivity index (χ3v) is 6.58. The highest BCUT2D eigenvalue weighted by Crippen LogP contribution is 2.33. The SMILES string of the molecule is C/C(=C\C(C)(C)C1=CC(=O)C=CC1=O)CCC(O)[C@H](C)CCC[C@H](C)CCCC(C)C. The summed E-state index contributed by atoms with van der Waals surface area (Å²) in [5, 5.41) is 10.6. The summed E-state index contributed by atoms with van der Waals surface area (Å²) >= 11 is 0. The van der Waals surface area contributed by atoms with Crippen LogP contribution in [0, 0.1) is 23.2 Å². The largest absolute Gasteiger partial charge is 0.393 e. The van der Waals surface area contributed by atoms with Gasteiger partial charge in [-0.2, -0.15) is 0 Å². The topological polar surface area (TPSA) is 54.4 Å². The van der Waals surface area contributed by atoms with Gasteiger partial charge in [0.15, 0.2) is 11.6 Å². The Morgan fingerprint density at radius 2 is 1.58 bits per heavy atom. The molecule has 0 heterocycles. The lowest BCUT2D eigenvalue weighted by atomic mass is 9.78. The molecule has 176 valence electrons. The Morgan fingerprint density at radius 1 is 0.968 bits per heavy atom. The molecule has 0 aromatic rings. The zero-order valence-electron chi connectivity index (χ0n) is 21.0. The number of hydrogen-bond acceptors (Lipinski definition) is 3. The molecule has 1 aliphatic carbocycles. The number of allylic oxidation sites excluding steroid dienone is 6. The molecule has 0 spiro atoms. The second-order valence-corrected chi connectivity index (χ2v) is 10.8. The second kappa shape index (κ2) is 13.2. The van der Waals surface area contributed by atoms with E-state index in [-0.39, 0.29) is 17.7 Å². The number of carbonyl (C=O) groups is 2. The molecule has 1 rings (SSSR count). The van der Waals surface area contributed by atoms with Crippen LogP contribution in [0.25, 0.3) is 0 Å². The average molecular weight is 431 g/mol. The second-order valence-electron chi connectivity index (χ2n) is 10.8. The summed E-state index contributed by atoms with van der Waals surface area (Å²) in [6, 6.07) is 0. The van der Waals surface area contributed by atoms with Crippen LogP contribution < -0.4 is 0 Å². The van der Waals surface area contributed by atoms with Gasteiger partial charge in [0.05, 0.1) is 6.10 Å². The first-order chi connectivity index (χ1) is 14.4. The van der Waals surface area contributed by atoms with Crippen molar-refractivity contribution in [2.75, 3.05) is 0 Å². The molecule has 1 N–H and O–H groups in total. The van der Waals surface area contributed by atoms with E-state index in [1.807, 2.05) is 20.8 Å². The summed E-state index contributed by atoms with van der Waals surface area (Å²) in [5.41, 5.74) is 1.19. The van der Waals surface area contributed by atoms with Gasteiger partial charge >= 0.3 is 0 Å². The zero-order chi connectivity index (χ0) is 23.6. The molecular weight excluding hydrogens is 384 g/mol. The van der Waals surface area contributed by atoms with Crippen LogP contribution in [0.2, 0.25) is 0 Å². The monoisotopic (exact) mass is 430 g/mol. The van der Waals surface area contributed by atoms with E-state index in [4.69, 9.17) is 0 Å². The van der Waals surface area contributed by atoms with E-state index < -0.39 is 5.41 Å². The first-order valence-corrected chi connectivity index (χ1v) is 12.3. The molecule has 0 bridgehead atoms. The predicted molar refractivity (Wildman–Crippen MR) is 131 cm³/mol. The number of hydrogen-bond donors (Lipinski definition) is 1. The third-order valence-electron chi connectivity index (χ3n) is 6.58. The summed E-state index contributed by atoms with van der Waals surface area (Å²) in [4.78, 5) is 23.9. The Morgan fingerprint density at radius 3 is 2.19 bits per heavy atom. The van der Waals surface area contributed by atoms with Crippen molar-refractivity contribution < 1.29 is 14.7 Å². The normalized spacial score (nSPS) is 18.4. The summed E-state index contributed by atoms with van der Waals surface area (Å²) in [7, 11) is 0. The van der Waals surface area contributed by atoms with Crippen molar-refractivity contribution in [3.05, 3.63) is 35.5 Å². The van der Waals surface area contributed by atoms with Crippen molar-refractivity contribution >= 4 is 11.6 Å². The van der Waals surface area contributed by atoms with Gasteiger partial charge in [0, 0.05) is 11.0 Å². The number of rotatable bonds is 14. The van der Waals surface area contributed by atoms with Gasteiger partial charge in [-0.05, 0) is 62.2 Å². The van der Waals surface area contributed by atoms with Crippen LogP contribution in [-0.4, -0.2) is 22.8 Å². The molecule has 0 radical (unpaired) electrons. The van der Waals surface area contributed by atoms with Crippen molar-refractivity contribution in [3.63, 3.8) is 0 Å². The van der Waals surface area contributed by atoms with Crippen LogP contribution in [0.4, 0.5) is 0 Å². The standard InChI is InChI=1S/C28H46O3/c1-20(2)10-8-11-21(3)12-9-13-23(5)26(30)16-14-22(4)19-28(6,7)25-18-24(29)15-17-27(25)31/h15,17-21,23,26,30H,8-14,16H2,1-7H3/b22-19+/t21-,23-,26?/m1/s1. The van der Waals surface area contributed by atoms with E-state index in [0.29, 0.717) is 11.5 Å². The fourth-order valence-electron chi connectivity index (χ4n) is 4.44. The van der Waals surface area contributed by atoms with Gasteiger partial charge in [-0.3, -0.25) is 9.59 Å². The molecule has 1 unspecified atom stereocenters. The molecule has 3 heteroatoms. The summed E-state index contributed by atoms with van der Waals surface area (Å²) in [6.07, 6.45) is 14.9. The van der Waals surface area contributed by atoms with E-state index in [9.17, 15) is 14.7 Å². The first-order valence-electron chi connectivity index (χ1n) is 12.3. The van der Waals surface area contributed by atoms with Crippen LogP contribution in [0.5, 0.6) is 0 Å². The van der Waals surface area contributed by atoms with Crippen LogP contribution in [0.15, 0.2) is 35.5 Å². The maximum Gasteiger partial charge on any atom is 0.182 e. The molecule has 0 fully saturated rings. The predicted octanol–water partition coefficient (Wildman–Crippen LogP) is 7.00. The highest BCUT2D eigenvalue weighted by atomic mass is 16.3. The van der Waals surface area contributed by atoms with Crippen molar-refractivity contribution in [2.45, 2.75) is 106 Å². The van der Waals surface area contributed by atoms with E-state index >= 15 is 0 Å². The molecule has 0 amide bonds. The van der Waals surface area contributed by atoms with Gasteiger partial charge in [0.25, 0.3) is 0 Å². The molecule has 3 nitrogen and oxygen atoms in total. The maximum atomic E-state index is 12.2. The van der Waals surface area contributed by atoms with E-state index in [2.05, 4.69) is 33.8 Å². The van der Waals surface area contributed by atoms with Gasteiger partial charge in [-0.1, -0.05) is 85.3 Å². The van der Waals surface area contributed by atoms with E-state index in [1.54, 1.807) is 0 Å². The molecule has 3 atom stereocenters. The molecule has 0 aromatic carbocycles. The quantitative estimate of drug-likeness (QED) is 0.238. The Kier molecular flexibility index (Phi) is 11.7. The smallest absolute Gasteiger partial charge is 0.182 e. The van der Waals surface area contributed by atoms with Gasteiger partial charge in [0.2, 0.25) is 0 Å². The maximum absolute atomic E-state index is 12.2. The summed E-state index contributed by atoms with van der Waals surface area (Å²) < 4.78 is 0. The molecule has 31 heavy (non-hydrogen) atoms. The number of ketones is 2. The van der Waals surface area contributed by atoms with Crippen LogP contribution in [0.3, 0.4) is 0 Å². The molecule has 0 aromatic heterocycles. The molecule has 0 saturated carbocycles. The average Bonchev–Trinajstić information content (AvgIpc) is 2.67. The first kappa shape index (κ1) is 27.6. The van der Waals surface area contributed by atoms with Crippen LogP contribution in [-0.2, 0) is 9.59 Å². The fourth-order valence-corrected chi connectivity index (χ4v) is 4.44.